The van der Waals surface area contributed by atoms with Crippen LogP contribution in [-0.2, 0) is 13.5 Å². The van der Waals surface area contributed by atoms with Crippen LogP contribution >= 0.6 is 0 Å². The quantitative estimate of drug-likeness (QED) is 0.911. The number of aromatic nitrogens is 2. The van der Waals surface area contributed by atoms with Crippen molar-refractivity contribution < 1.29 is 14.7 Å². The molecule has 6 nitrogen and oxygen atoms in total. The molecule has 21 heavy (non-hydrogen) atoms. The maximum atomic E-state index is 12.7. The van der Waals surface area contributed by atoms with Gasteiger partial charge in [0, 0.05) is 25.0 Å². The van der Waals surface area contributed by atoms with Gasteiger partial charge in [0.25, 0.3) is 5.91 Å². The molecule has 0 saturated heterocycles. The molecule has 0 bridgehead atoms. The molecule has 0 aliphatic carbocycles. The van der Waals surface area contributed by atoms with Gasteiger partial charge in [0.15, 0.2) is 5.69 Å². The van der Waals surface area contributed by atoms with E-state index in [1.165, 1.54) is 10.9 Å². The molecule has 108 valence electrons. The molecule has 1 aliphatic heterocycles. The highest BCUT2D eigenvalue weighted by Gasteiger charge is 2.34. The number of para-hydroxylation sites is 1. The van der Waals surface area contributed by atoms with Crippen molar-refractivity contribution >= 4 is 17.6 Å². The van der Waals surface area contributed by atoms with E-state index in [2.05, 4.69) is 5.10 Å². The van der Waals surface area contributed by atoms with Crippen molar-refractivity contribution in [2.24, 2.45) is 7.05 Å². The molecule has 2 heterocycles. The summed E-state index contributed by atoms with van der Waals surface area (Å²) in [5.41, 5.74) is 1.83. The van der Waals surface area contributed by atoms with Gasteiger partial charge in [-0.3, -0.25) is 9.48 Å². The van der Waals surface area contributed by atoms with Gasteiger partial charge in [-0.1, -0.05) is 18.2 Å². The van der Waals surface area contributed by atoms with Crippen LogP contribution in [0.4, 0.5) is 5.69 Å². The molecule has 1 atom stereocenters. The molecule has 1 aromatic heterocycles. The van der Waals surface area contributed by atoms with E-state index in [-0.39, 0.29) is 23.2 Å². The van der Waals surface area contributed by atoms with Crippen molar-refractivity contribution in [3.05, 3.63) is 47.3 Å². The fourth-order valence-electron chi connectivity index (χ4n) is 2.79. The van der Waals surface area contributed by atoms with Gasteiger partial charge in [0.05, 0.1) is 0 Å². The Morgan fingerprint density at radius 3 is 2.76 bits per heavy atom. The van der Waals surface area contributed by atoms with Crippen molar-refractivity contribution in [2.45, 2.75) is 19.4 Å². The van der Waals surface area contributed by atoms with Crippen LogP contribution in [0.1, 0.15) is 33.3 Å². The minimum Gasteiger partial charge on any atom is -0.478 e. The standard InChI is InChI=1S/C15H15N3O3/c1-9-7-10-5-3-4-6-12(10)18(9)14(19)13-11(15(20)21)8-17(2)16-13/h3-6,8-9H,7H2,1-2H3,(H,20,21). The van der Waals surface area contributed by atoms with Gasteiger partial charge in [0.1, 0.15) is 5.56 Å². The summed E-state index contributed by atoms with van der Waals surface area (Å²) >= 11 is 0. The van der Waals surface area contributed by atoms with E-state index in [0.29, 0.717) is 0 Å². The minimum atomic E-state index is -1.15. The molecule has 6 heteroatoms. The van der Waals surface area contributed by atoms with Crippen molar-refractivity contribution in [1.29, 1.82) is 0 Å². The van der Waals surface area contributed by atoms with Gasteiger partial charge in [0.2, 0.25) is 0 Å². The van der Waals surface area contributed by atoms with E-state index in [9.17, 15) is 14.7 Å². The number of aryl methyl sites for hydroxylation is 1. The molecule has 2 aromatic rings. The van der Waals surface area contributed by atoms with Crippen molar-refractivity contribution in [3.63, 3.8) is 0 Å². The molecule has 3 rings (SSSR count). The Hall–Kier alpha value is -2.63. The Balaban J connectivity index is 2.05. The number of aromatic carboxylic acids is 1. The van der Waals surface area contributed by atoms with Gasteiger partial charge >= 0.3 is 5.97 Å². The monoisotopic (exact) mass is 285 g/mol. The molecule has 0 saturated carbocycles. The van der Waals surface area contributed by atoms with E-state index in [0.717, 1.165) is 17.7 Å². The smallest absolute Gasteiger partial charge is 0.339 e. The molecule has 0 fully saturated rings. The average molecular weight is 285 g/mol. The fraction of sp³-hybridized carbons (Fsp3) is 0.267. The highest BCUT2D eigenvalue weighted by atomic mass is 16.4. The lowest BCUT2D eigenvalue weighted by Crippen LogP contribution is -2.36. The lowest BCUT2D eigenvalue weighted by Gasteiger charge is -2.21. The zero-order valence-electron chi connectivity index (χ0n) is 11.8. The van der Waals surface area contributed by atoms with E-state index >= 15 is 0 Å². The number of nitrogens with zero attached hydrogens (tertiary/aromatic N) is 3. The van der Waals surface area contributed by atoms with E-state index in [1.54, 1.807) is 11.9 Å². The van der Waals surface area contributed by atoms with E-state index < -0.39 is 5.97 Å². The molecule has 1 aliphatic rings. The van der Waals surface area contributed by atoms with Gasteiger partial charge < -0.3 is 10.0 Å². The minimum absolute atomic E-state index is 0.0152. The van der Waals surface area contributed by atoms with Crippen molar-refractivity contribution in [3.8, 4) is 0 Å². The number of carboxylic acids is 1. The second-order valence-electron chi connectivity index (χ2n) is 5.23. The number of amides is 1. The Labute approximate surface area is 121 Å². The SMILES string of the molecule is CC1Cc2ccccc2N1C(=O)c1nn(C)cc1C(=O)O. The maximum Gasteiger partial charge on any atom is 0.339 e. The third-order valence-corrected chi connectivity index (χ3v) is 3.69. The summed E-state index contributed by atoms with van der Waals surface area (Å²) in [7, 11) is 1.60. The first-order valence-corrected chi connectivity index (χ1v) is 6.67. The molecule has 1 N–H and O–H groups in total. The number of benzene rings is 1. The van der Waals surface area contributed by atoms with E-state index in [4.69, 9.17) is 0 Å². The summed E-state index contributed by atoms with van der Waals surface area (Å²) in [4.78, 5) is 25.6. The van der Waals surface area contributed by atoms with Crippen LogP contribution in [0.15, 0.2) is 30.5 Å². The van der Waals surface area contributed by atoms with Crippen LogP contribution in [-0.4, -0.2) is 32.8 Å². The third-order valence-electron chi connectivity index (χ3n) is 3.69. The number of rotatable bonds is 2. The predicted molar refractivity (Wildman–Crippen MR) is 76.6 cm³/mol. The first-order valence-electron chi connectivity index (χ1n) is 6.67. The molecule has 1 aromatic carbocycles. The van der Waals surface area contributed by atoms with Crippen LogP contribution < -0.4 is 4.90 Å². The second kappa shape index (κ2) is 4.73. The first kappa shape index (κ1) is 13.4. The first-order chi connectivity index (χ1) is 9.99. The Kier molecular flexibility index (Phi) is 3.01. The summed E-state index contributed by atoms with van der Waals surface area (Å²) in [6.45, 7) is 1.95. The highest BCUT2D eigenvalue weighted by molar-refractivity contribution is 6.11. The molecular weight excluding hydrogens is 270 g/mol. The number of hydrogen-bond acceptors (Lipinski definition) is 3. The summed E-state index contributed by atoms with van der Waals surface area (Å²) in [5, 5.41) is 13.2. The maximum absolute atomic E-state index is 12.7. The number of carbonyl (C=O) groups is 2. The van der Waals surface area contributed by atoms with Gasteiger partial charge in [-0.15, -0.1) is 0 Å². The molecule has 0 radical (unpaired) electrons. The lowest BCUT2D eigenvalue weighted by atomic mass is 10.1. The molecule has 0 spiro atoms. The summed E-state index contributed by atoms with van der Waals surface area (Å²) in [6.07, 6.45) is 2.11. The summed E-state index contributed by atoms with van der Waals surface area (Å²) < 4.78 is 1.35. The van der Waals surface area contributed by atoms with Gasteiger partial charge in [-0.2, -0.15) is 5.10 Å². The zero-order valence-corrected chi connectivity index (χ0v) is 11.8. The largest absolute Gasteiger partial charge is 0.478 e. The second-order valence-corrected chi connectivity index (χ2v) is 5.23. The molecule has 1 amide bonds. The summed E-state index contributed by atoms with van der Waals surface area (Å²) in [6, 6.07) is 7.64. The zero-order chi connectivity index (χ0) is 15.1. The number of anilines is 1. The Morgan fingerprint density at radius 2 is 2.05 bits per heavy atom. The van der Waals surface area contributed by atoms with Crippen LogP contribution in [0.5, 0.6) is 0 Å². The Bertz CT molecular complexity index is 736. The molecule has 1 unspecified atom stereocenters. The highest BCUT2D eigenvalue weighted by Crippen LogP contribution is 2.33. The average Bonchev–Trinajstić information content (AvgIpc) is 2.97. The normalized spacial score (nSPS) is 16.9. The fourth-order valence-corrected chi connectivity index (χ4v) is 2.79. The Morgan fingerprint density at radius 1 is 1.33 bits per heavy atom. The number of fused-ring (bicyclic) bond motifs is 1. The topological polar surface area (TPSA) is 75.4 Å². The summed E-state index contributed by atoms with van der Waals surface area (Å²) in [5.74, 6) is -1.52. The number of hydrogen-bond donors (Lipinski definition) is 1. The van der Waals surface area contributed by atoms with E-state index in [1.807, 2.05) is 31.2 Å². The molecular formula is C15H15N3O3. The lowest BCUT2D eigenvalue weighted by molar-refractivity contribution is 0.0691. The van der Waals surface area contributed by atoms with Crippen LogP contribution in [0.3, 0.4) is 0 Å². The third kappa shape index (κ3) is 2.08. The predicted octanol–water partition coefficient (Wildman–Crippen LogP) is 1.71. The van der Waals surface area contributed by atoms with Crippen LogP contribution in [0.25, 0.3) is 0 Å². The van der Waals surface area contributed by atoms with Gasteiger partial charge in [-0.05, 0) is 25.0 Å². The number of carboxylic acid groups (broad SMARTS) is 1. The number of carbonyl (C=O) groups excluding carboxylic acids is 1. The van der Waals surface area contributed by atoms with Crippen molar-refractivity contribution in [2.75, 3.05) is 4.90 Å². The van der Waals surface area contributed by atoms with Crippen LogP contribution in [0, 0.1) is 0 Å². The van der Waals surface area contributed by atoms with Crippen LogP contribution in [0.2, 0.25) is 0 Å². The van der Waals surface area contributed by atoms with Gasteiger partial charge in [-0.25, -0.2) is 4.79 Å². The van der Waals surface area contributed by atoms with Crippen molar-refractivity contribution in [1.82, 2.24) is 9.78 Å².